The number of hydrogen-bond donors (Lipinski definition) is 1. The number of nitrogens with one attached hydrogen (secondary N) is 1. The number of para-hydroxylation sites is 1. The topological polar surface area (TPSA) is 50.7 Å². The second-order valence-corrected chi connectivity index (χ2v) is 5.71. The van der Waals surface area contributed by atoms with E-state index in [1.165, 1.54) is 0 Å². The molecule has 2 rings (SSSR count). The SMILES string of the molecule is CC(=NNC(=O)COc1ccccc1C)c1ccc(Br)cc1. The minimum absolute atomic E-state index is 0.0675. The van der Waals surface area contributed by atoms with Crippen molar-refractivity contribution >= 4 is 27.5 Å². The van der Waals surface area contributed by atoms with E-state index in [9.17, 15) is 4.79 Å². The number of amides is 1. The number of carbonyl (C=O) groups excluding carboxylic acids is 1. The Morgan fingerprint density at radius 3 is 2.55 bits per heavy atom. The number of ether oxygens (including phenoxy) is 1. The van der Waals surface area contributed by atoms with Gasteiger partial charge in [-0.05, 0) is 43.2 Å². The van der Waals surface area contributed by atoms with Crippen molar-refractivity contribution in [1.82, 2.24) is 5.43 Å². The van der Waals surface area contributed by atoms with Crippen molar-refractivity contribution in [3.8, 4) is 5.75 Å². The minimum atomic E-state index is -0.292. The molecule has 22 heavy (non-hydrogen) atoms. The highest BCUT2D eigenvalue weighted by atomic mass is 79.9. The molecule has 2 aromatic carbocycles. The van der Waals surface area contributed by atoms with Crippen LogP contribution in [0.5, 0.6) is 5.75 Å². The van der Waals surface area contributed by atoms with Gasteiger partial charge in [0.15, 0.2) is 6.61 Å². The number of hydrazone groups is 1. The Labute approximate surface area is 138 Å². The zero-order valence-electron chi connectivity index (χ0n) is 12.5. The molecule has 1 N–H and O–H groups in total. The minimum Gasteiger partial charge on any atom is -0.483 e. The van der Waals surface area contributed by atoms with E-state index in [1.54, 1.807) is 0 Å². The molecule has 0 radical (unpaired) electrons. The molecule has 0 aliphatic rings. The van der Waals surface area contributed by atoms with Crippen LogP contribution in [0.4, 0.5) is 0 Å². The number of rotatable bonds is 5. The van der Waals surface area contributed by atoms with E-state index in [0.717, 1.165) is 21.3 Å². The molecule has 0 aromatic heterocycles. The van der Waals surface area contributed by atoms with Crippen LogP contribution in [-0.2, 0) is 4.79 Å². The van der Waals surface area contributed by atoms with Gasteiger partial charge in [-0.15, -0.1) is 0 Å². The van der Waals surface area contributed by atoms with Crippen LogP contribution in [0.1, 0.15) is 18.1 Å². The van der Waals surface area contributed by atoms with Crippen LogP contribution in [0.15, 0.2) is 58.1 Å². The molecule has 0 aliphatic carbocycles. The van der Waals surface area contributed by atoms with Crippen molar-refractivity contribution in [2.75, 3.05) is 6.61 Å². The standard InChI is InChI=1S/C17H17BrN2O2/c1-12-5-3-4-6-16(12)22-11-17(21)20-19-13(2)14-7-9-15(18)10-8-14/h3-10H,11H2,1-2H3,(H,20,21). The van der Waals surface area contributed by atoms with Crippen molar-refractivity contribution in [3.63, 3.8) is 0 Å². The van der Waals surface area contributed by atoms with Crippen LogP contribution >= 0.6 is 15.9 Å². The summed E-state index contributed by atoms with van der Waals surface area (Å²) in [6, 6.07) is 15.3. The maximum Gasteiger partial charge on any atom is 0.277 e. The normalized spacial score (nSPS) is 11.1. The van der Waals surface area contributed by atoms with Crippen LogP contribution in [0, 0.1) is 6.92 Å². The molecule has 2 aromatic rings. The zero-order valence-corrected chi connectivity index (χ0v) is 14.1. The smallest absolute Gasteiger partial charge is 0.277 e. The highest BCUT2D eigenvalue weighted by molar-refractivity contribution is 9.10. The molecule has 4 nitrogen and oxygen atoms in total. The van der Waals surface area contributed by atoms with Crippen molar-refractivity contribution in [2.24, 2.45) is 5.10 Å². The Balaban J connectivity index is 1.88. The summed E-state index contributed by atoms with van der Waals surface area (Å²) in [5.41, 5.74) is 5.17. The van der Waals surface area contributed by atoms with Crippen LogP contribution < -0.4 is 10.2 Å². The molecule has 5 heteroatoms. The van der Waals surface area contributed by atoms with Crippen molar-refractivity contribution in [1.29, 1.82) is 0 Å². The van der Waals surface area contributed by atoms with Gasteiger partial charge >= 0.3 is 0 Å². The number of aryl methyl sites for hydroxylation is 1. The highest BCUT2D eigenvalue weighted by Gasteiger charge is 2.04. The second kappa shape index (κ2) is 7.75. The van der Waals surface area contributed by atoms with E-state index in [2.05, 4.69) is 26.5 Å². The van der Waals surface area contributed by atoms with Gasteiger partial charge in [-0.25, -0.2) is 5.43 Å². The van der Waals surface area contributed by atoms with Gasteiger partial charge in [0, 0.05) is 4.47 Å². The lowest BCUT2D eigenvalue weighted by Gasteiger charge is -2.08. The van der Waals surface area contributed by atoms with E-state index < -0.39 is 0 Å². The predicted octanol–water partition coefficient (Wildman–Crippen LogP) is 3.68. The van der Waals surface area contributed by atoms with E-state index in [1.807, 2.05) is 62.4 Å². The summed E-state index contributed by atoms with van der Waals surface area (Å²) in [6.07, 6.45) is 0. The molecule has 1 amide bonds. The van der Waals surface area contributed by atoms with Crippen molar-refractivity contribution in [2.45, 2.75) is 13.8 Å². The first-order chi connectivity index (χ1) is 10.6. The molecule has 0 heterocycles. The Bertz CT molecular complexity index is 681. The van der Waals surface area contributed by atoms with Crippen molar-refractivity contribution < 1.29 is 9.53 Å². The zero-order chi connectivity index (χ0) is 15.9. The molecule has 114 valence electrons. The van der Waals surface area contributed by atoms with Crippen molar-refractivity contribution in [3.05, 3.63) is 64.1 Å². The number of carbonyl (C=O) groups is 1. The fourth-order valence-corrected chi connectivity index (χ4v) is 2.06. The van der Waals surface area contributed by atoms with E-state index >= 15 is 0 Å². The largest absolute Gasteiger partial charge is 0.483 e. The molecule has 0 spiro atoms. The predicted molar refractivity (Wildman–Crippen MR) is 91.2 cm³/mol. The average molecular weight is 361 g/mol. The van der Waals surface area contributed by atoms with Crippen LogP contribution in [0.25, 0.3) is 0 Å². The lowest BCUT2D eigenvalue weighted by atomic mass is 10.1. The van der Waals surface area contributed by atoms with Gasteiger partial charge in [0.25, 0.3) is 5.91 Å². The molecular weight excluding hydrogens is 344 g/mol. The molecule has 0 bridgehead atoms. The maximum atomic E-state index is 11.8. The first-order valence-corrected chi connectivity index (χ1v) is 7.63. The summed E-state index contributed by atoms with van der Waals surface area (Å²) in [4.78, 5) is 11.8. The molecule has 0 fully saturated rings. The lowest BCUT2D eigenvalue weighted by Crippen LogP contribution is -2.25. The number of halogens is 1. The summed E-state index contributed by atoms with van der Waals surface area (Å²) in [6.45, 7) is 3.71. The van der Waals surface area contributed by atoms with Gasteiger partial charge < -0.3 is 4.74 Å². The quantitative estimate of drug-likeness (QED) is 0.653. The summed E-state index contributed by atoms with van der Waals surface area (Å²) in [5, 5.41) is 4.08. The summed E-state index contributed by atoms with van der Waals surface area (Å²) < 4.78 is 6.46. The first-order valence-electron chi connectivity index (χ1n) is 6.84. The van der Waals surface area contributed by atoms with Crippen LogP contribution in [0.3, 0.4) is 0 Å². The second-order valence-electron chi connectivity index (χ2n) is 4.79. The third-order valence-electron chi connectivity index (χ3n) is 3.06. The first kappa shape index (κ1) is 16.2. The highest BCUT2D eigenvalue weighted by Crippen LogP contribution is 2.15. The van der Waals surface area contributed by atoms with Crippen LogP contribution in [-0.4, -0.2) is 18.2 Å². The van der Waals surface area contributed by atoms with Gasteiger partial charge in [-0.1, -0.05) is 46.3 Å². The molecule has 0 unspecified atom stereocenters. The number of benzene rings is 2. The third-order valence-corrected chi connectivity index (χ3v) is 3.59. The van der Waals surface area contributed by atoms with E-state index in [4.69, 9.17) is 4.74 Å². The van der Waals surface area contributed by atoms with Gasteiger partial charge in [0.2, 0.25) is 0 Å². The monoisotopic (exact) mass is 360 g/mol. The van der Waals surface area contributed by atoms with E-state index in [0.29, 0.717) is 5.75 Å². The van der Waals surface area contributed by atoms with Gasteiger partial charge in [-0.2, -0.15) is 5.10 Å². The fraction of sp³-hybridized carbons (Fsp3) is 0.176. The lowest BCUT2D eigenvalue weighted by molar-refractivity contribution is -0.123. The fourth-order valence-electron chi connectivity index (χ4n) is 1.80. The molecule has 0 aliphatic heterocycles. The summed E-state index contributed by atoms with van der Waals surface area (Å²) in [5.74, 6) is 0.408. The molecular formula is C17H17BrN2O2. The third kappa shape index (κ3) is 4.70. The Morgan fingerprint density at radius 1 is 1.18 bits per heavy atom. The number of hydrogen-bond acceptors (Lipinski definition) is 3. The Hall–Kier alpha value is -2.14. The Kier molecular flexibility index (Phi) is 5.72. The van der Waals surface area contributed by atoms with E-state index in [-0.39, 0.29) is 12.5 Å². The van der Waals surface area contributed by atoms with Gasteiger partial charge in [0.1, 0.15) is 5.75 Å². The summed E-state index contributed by atoms with van der Waals surface area (Å²) in [7, 11) is 0. The molecule has 0 saturated heterocycles. The number of nitrogens with zero attached hydrogens (tertiary/aromatic N) is 1. The van der Waals surface area contributed by atoms with Gasteiger partial charge in [0.05, 0.1) is 5.71 Å². The molecule has 0 saturated carbocycles. The summed E-state index contributed by atoms with van der Waals surface area (Å²) >= 11 is 3.38. The van der Waals surface area contributed by atoms with Gasteiger partial charge in [-0.3, -0.25) is 4.79 Å². The van der Waals surface area contributed by atoms with Crippen LogP contribution in [0.2, 0.25) is 0 Å². The molecule has 0 atom stereocenters. The average Bonchev–Trinajstić information content (AvgIpc) is 2.52. The maximum absolute atomic E-state index is 11.8. The Morgan fingerprint density at radius 2 is 1.86 bits per heavy atom.